The van der Waals surface area contributed by atoms with Crippen molar-refractivity contribution in [2.45, 2.75) is 25.7 Å². The number of nitrogens with one attached hydrogen (secondary N) is 2. The van der Waals surface area contributed by atoms with E-state index in [4.69, 9.17) is 11.1 Å². The van der Waals surface area contributed by atoms with E-state index in [1.54, 1.807) is 0 Å². The van der Waals surface area contributed by atoms with Gasteiger partial charge in [-0.05, 0) is 25.7 Å². The van der Waals surface area contributed by atoms with E-state index in [-0.39, 0.29) is 5.84 Å². The van der Waals surface area contributed by atoms with Gasteiger partial charge >= 0.3 is 0 Å². The zero-order chi connectivity index (χ0) is 8.97. The molecule has 12 heavy (non-hydrogen) atoms. The molecule has 66 valence electrons. The van der Waals surface area contributed by atoms with Crippen LogP contribution in [0.3, 0.4) is 0 Å². The average Bonchev–Trinajstić information content (AvgIpc) is 2.05. The lowest BCUT2D eigenvalue weighted by atomic mass is 9.96. The van der Waals surface area contributed by atoms with E-state index >= 15 is 0 Å². The molecule has 0 aromatic carbocycles. The zero-order valence-corrected chi connectivity index (χ0v) is 6.89. The molecule has 0 unspecified atom stereocenters. The van der Waals surface area contributed by atoms with Crippen LogP contribution < -0.4 is 11.1 Å². The highest BCUT2D eigenvalue weighted by atomic mass is 16.1. The van der Waals surface area contributed by atoms with Gasteiger partial charge in [-0.3, -0.25) is 10.2 Å². The fourth-order valence-electron chi connectivity index (χ4n) is 1.36. The molecule has 0 radical (unpaired) electrons. The highest BCUT2D eigenvalue weighted by molar-refractivity contribution is 6.01. The summed E-state index contributed by atoms with van der Waals surface area (Å²) in [5.74, 6) is 0.155. The Hall–Kier alpha value is -1.32. The number of allylic oxidation sites excluding steroid dienone is 1. The molecule has 1 aliphatic rings. The van der Waals surface area contributed by atoms with Crippen LogP contribution in [0.25, 0.3) is 0 Å². The fraction of sp³-hybridized carbons (Fsp3) is 0.500. The van der Waals surface area contributed by atoms with Gasteiger partial charge in [0.1, 0.15) is 5.84 Å². The summed E-state index contributed by atoms with van der Waals surface area (Å²) in [6.07, 6.45) is 4.31. The van der Waals surface area contributed by atoms with Gasteiger partial charge in [0.2, 0.25) is 6.41 Å². The van der Waals surface area contributed by atoms with Gasteiger partial charge in [0.05, 0.1) is 0 Å². The molecule has 0 saturated heterocycles. The summed E-state index contributed by atoms with van der Waals surface area (Å²) in [5.41, 5.74) is 7.24. The third kappa shape index (κ3) is 1.84. The van der Waals surface area contributed by atoms with Crippen LogP contribution in [0.5, 0.6) is 0 Å². The number of rotatable bonds is 2. The standard InChI is InChI=1S/C8H13N3O/c9-7-4-2-1-3-6(7)8(10)11-5-12/h5H,1-4,9H2,(H2,10,11,12). The van der Waals surface area contributed by atoms with E-state index in [9.17, 15) is 4.79 Å². The third-order valence-electron chi connectivity index (χ3n) is 2.02. The van der Waals surface area contributed by atoms with Crippen LogP contribution in [-0.4, -0.2) is 12.2 Å². The Kier molecular flexibility index (Phi) is 2.85. The minimum Gasteiger partial charge on any atom is -0.402 e. The van der Waals surface area contributed by atoms with E-state index < -0.39 is 0 Å². The van der Waals surface area contributed by atoms with Gasteiger partial charge in [0.15, 0.2) is 0 Å². The van der Waals surface area contributed by atoms with E-state index in [0.717, 1.165) is 37.0 Å². The largest absolute Gasteiger partial charge is 0.402 e. The van der Waals surface area contributed by atoms with Crippen molar-refractivity contribution in [2.75, 3.05) is 0 Å². The fourth-order valence-corrected chi connectivity index (χ4v) is 1.36. The number of carbonyl (C=O) groups is 1. The summed E-state index contributed by atoms with van der Waals surface area (Å²) in [7, 11) is 0. The average molecular weight is 167 g/mol. The molecular formula is C8H13N3O. The third-order valence-corrected chi connectivity index (χ3v) is 2.02. The van der Waals surface area contributed by atoms with Crippen LogP contribution in [-0.2, 0) is 4.79 Å². The van der Waals surface area contributed by atoms with Crippen LogP contribution in [0.2, 0.25) is 0 Å². The lowest BCUT2D eigenvalue weighted by molar-refractivity contribution is -0.108. The molecule has 0 atom stereocenters. The molecule has 0 fully saturated rings. The molecule has 0 spiro atoms. The Morgan fingerprint density at radius 1 is 1.50 bits per heavy atom. The van der Waals surface area contributed by atoms with Crippen LogP contribution in [0, 0.1) is 5.41 Å². The predicted octanol–water partition coefficient (Wildman–Crippen LogP) is 0.496. The molecule has 0 aromatic heterocycles. The van der Waals surface area contributed by atoms with E-state index in [2.05, 4.69) is 5.32 Å². The van der Waals surface area contributed by atoms with E-state index in [0.29, 0.717) is 6.41 Å². The first-order chi connectivity index (χ1) is 5.75. The van der Waals surface area contributed by atoms with Gasteiger partial charge in [0, 0.05) is 11.3 Å². The van der Waals surface area contributed by atoms with Crippen molar-refractivity contribution in [3.8, 4) is 0 Å². The van der Waals surface area contributed by atoms with Gasteiger partial charge in [-0.15, -0.1) is 0 Å². The lowest BCUT2D eigenvalue weighted by Crippen LogP contribution is -2.26. The Morgan fingerprint density at radius 3 is 2.75 bits per heavy atom. The minimum atomic E-state index is 0.155. The van der Waals surface area contributed by atoms with Crippen molar-refractivity contribution in [1.29, 1.82) is 5.41 Å². The van der Waals surface area contributed by atoms with E-state index in [1.807, 2.05) is 0 Å². The zero-order valence-electron chi connectivity index (χ0n) is 6.89. The molecule has 4 N–H and O–H groups in total. The highest BCUT2D eigenvalue weighted by Crippen LogP contribution is 2.21. The smallest absolute Gasteiger partial charge is 0.212 e. The number of nitrogens with two attached hydrogens (primary N) is 1. The first-order valence-corrected chi connectivity index (χ1v) is 4.02. The minimum absolute atomic E-state index is 0.155. The second-order valence-corrected chi connectivity index (χ2v) is 2.85. The first kappa shape index (κ1) is 8.77. The Labute approximate surface area is 71.3 Å². The summed E-state index contributed by atoms with van der Waals surface area (Å²) in [6.45, 7) is 0. The van der Waals surface area contributed by atoms with Gasteiger partial charge in [-0.2, -0.15) is 0 Å². The molecule has 0 aliphatic heterocycles. The Balaban J connectivity index is 2.70. The molecule has 1 rings (SSSR count). The number of hydrogen-bond acceptors (Lipinski definition) is 3. The van der Waals surface area contributed by atoms with Crippen molar-refractivity contribution in [2.24, 2.45) is 5.73 Å². The number of carbonyl (C=O) groups excluding carboxylic acids is 1. The van der Waals surface area contributed by atoms with Crippen molar-refractivity contribution in [1.82, 2.24) is 5.32 Å². The number of hydrogen-bond donors (Lipinski definition) is 3. The second-order valence-electron chi connectivity index (χ2n) is 2.85. The van der Waals surface area contributed by atoms with Gasteiger partial charge in [0.25, 0.3) is 0 Å². The summed E-state index contributed by atoms with van der Waals surface area (Å²) in [6, 6.07) is 0. The first-order valence-electron chi connectivity index (χ1n) is 4.02. The quantitative estimate of drug-likeness (QED) is 0.318. The van der Waals surface area contributed by atoms with Crippen LogP contribution in [0.4, 0.5) is 0 Å². The summed E-state index contributed by atoms with van der Waals surface area (Å²) < 4.78 is 0. The van der Waals surface area contributed by atoms with Crippen molar-refractivity contribution in [3.63, 3.8) is 0 Å². The summed E-state index contributed by atoms with van der Waals surface area (Å²) in [4.78, 5) is 10.0. The van der Waals surface area contributed by atoms with Crippen LogP contribution >= 0.6 is 0 Å². The maximum atomic E-state index is 10.0. The topological polar surface area (TPSA) is 79.0 Å². The van der Waals surface area contributed by atoms with E-state index in [1.165, 1.54) is 0 Å². The normalized spacial score (nSPS) is 17.3. The molecule has 4 nitrogen and oxygen atoms in total. The monoisotopic (exact) mass is 167 g/mol. The second kappa shape index (κ2) is 3.90. The molecule has 4 heteroatoms. The Morgan fingerprint density at radius 2 is 2.17 bits per heavy atom. The highest BCUT2D eigenvalue weighted by Gasteiger charge is 2.13. The molecular weight excluding hydrogens is 154 g/mol. The van der Waals surface area contributed by atoms with Crippen LogP contribution in [0.1, 0.15) is 25.7 Å². The SMILES string of the molecule is N=C(NC=O)C1=C(N)CCCC1. The lowest BCUT2D eigenvalue weighted by Gasteiger charge is -2.16. The molecule has 1 amide bonds. The maximum Gasteiger partial charge on any atom is 0.212 e. The van der Waals surface area contributed by atoms with Gasteiger partial charge < -0.3 is 11.1 Å². The molecule has 1 aliphatic carbocycles. The predicted molar refractivity (Wildman–Crippen MR) is 46.6 cm³/mol. The van der Waals surface area contributed by atoms with Crippen molar-refractivity contribution < 1.29 is 4.79 Å². The summed E-state index contributed by atoms with van der Waals surface area (Å²) >= 11 is 0. The molecule has 0 heterocycles. The maximum absolute atomic E-state index is 10.0. The van der Waals surface area contributed by atoms with Gasteiger partial charge in [-0.1, -0.05) is 0 Å². The molecule has 0 saturated carbocycles. The molecule has 0 bridgehead atoms. The van der Waals surface area contributed by atoms with Crippen LogP contribution in [0.15, 0.2) is 11.3 Å². The molecule has 0 aromatic rings. The Bertz CT molecular complexity index is 232. The van der Waals surface area contributed by atoms with Crippen molar-refractivity contribution in [3.05, 3.63) is 11.3 Å². The van der Waals surface area contributed by atoms with Gasteiger partial charge in [-0.25, -0.2) is 0 Å². The number of amides is 1. The number of amidine groups is 1. The summed E-state index contributed by atoms with van der Waals surface area (Å²) in [5, 5.41) is 9.74. The van der Waals surface area contributed by atoms with Crippen molar-refractivity contribution >= 4 is 12.2 Å².